The number of urea groups is 1. The third-order valence-corrected chi connectivity index (χ3v) is 8.08. The molecule has 5 N–H and O–H groups in total. The van der Waals surface area contributed by atoms with Crippen molar-refractivity contribution in [2.45, 2.75) is 90.1 Å². The Kier molecular flexibility index (Phi) is 12.5. The number of alkyl halides is 3. The number of nitrogens with one attached hydrogen (secondary N) is 3. The molecular weight excluding hydrogens is 605 g/mol. The molecule has 2 heterocycles. The first kappa shape index (κ1) is 36.7. The molecule has 0 aliphatic carbocycles. The Morgan fingerprint density at radius 1 is 0.978 bits per heavy atom. The Hall–Kier alpha value is -3.81. The molecule has 0 bridgehead atoms. The predicted octanol–water partition coefficient (Wildman–Crippen LogP) is 4.04. The molecule has 256 valence electrons. The highest BCUT2D eigenvalue weighted by Gasteiger charge is 2.43. The molecule has 1 saturated heterocycles. The number of esters is 1. The van der Waals surface area contributed by atoms with E-state index in [1.165, 1.54) is 4.90 Å². The van der Waals surface area contributed by atoms with Gasteiger partial charge in [-0.1, -0.05) is 25.1 Å². The molecule has 1 fully saturated rings. The molecule has 0 radical (unpaired) electrons. The molecule has 4 amide bonds. The van der Waals surface area contributed by atoms with Gasteiger partial charge in [0.05, 0.1) is 0 Å². The quantitative estimate of drug-likeness (QED) is 0.213. The molecule has 11 nitrogen and oxygen atoms in total. The van der Waals surface area contributed by atoms with Gasteiger partial charge in [0.2, 0.25) is 11.8 Å². The molecule has 1 aliphatic rings. The minimum atomic E-state index is -4.67. The fraction of sp³-hybridized carbons (Fsp3) is 0.625. The number of amides is 4. The van der Waals surface area contributed by atoms with E-state index in [1.807, 2.05) is 24.3 Å². The summed E-state index contributed by atoms with van der Waals surface area (Å²) in [6.45, 7) is 8.36. The van der Waals surface area contributed by atoms with E-state index in [1.54, 1.807) is 33.9 Å². The van der Waals surface area contributed by atoms with Gasteiger partial charge in [-0.2, -0.15) is 13.2 Å². The number of aromatic amines is 1. The third kappa shape index (κ3) is 9.84. The van der Waals surface area contributed by atoms with Crippen molar-refractivity contribution in [1.82, 2.24) is 25.4 Å². The SMILES string of the molecule is CC(c1c[nH]c2ccccc12)C(NC(=O)N1CCCN(C(=O)C(C)C(F)(F)F)CC1)C(=O)NC(CCCCN)C(=O)OC(C)(C)C. The van der Waals surface area contributed by atoms with E-state index < -0.39 is 59.5 Å². The average molecular weight is 653 g/mol. The number of nitrogens with zero attached hydrogens (tertiary/aromatic N) is 2. The molecule has 46 heavy (non-hydrogen) atoms. The molecule has 1 aliphatic heterocycles. The van der Waals surface area contributed by atoms with Gasteiger partial charge in [-0.25, -0.2) is 9.59 Å². The van der Waals surface area contributed by atoms with Crippen LogP contribution in [-0.4, -0.2) is 95.2 Å². The lowest BCUT2D eigenvalue weighted by Crippen LogP contribution is -2.56. The number of hydrogen-bond donors (Lipinski definition) is 4. The molecule has 3 rings (SSSR count). The second-order valence-corrected chi connectivity index (χ2v) is 12.8. The lowest BCUT2D eigenvalue weighted by atomic mass is 9.92. The molecular formula is C32H47F3N6O5. The zero-order valence-corrected chi connectivity index (χ0v) is 27.2. The summed E-state index contributed by atoms with van der Waals surface area (Å²) >= 11 is 0. The number of hydrogen-bond acceptors (Lipinski definition) is 6. The van der Waals surface area contributed by atoms with Gasteiger partial charge in [0.15, 0.2) is 0 Å². The van der Waals surface area contributed by atoms with Gasteiger partial charge in [0.25, 0.3) is 0 Å². The van der Waals surface area contributed by atoms with Crippen LogP contribution in [0.15, 0.2) is 30.5 Å². The largest absolute Gasteiger partial charge is 0.458 e. The summed E-state index contributed by atoms with van der Waals surface area (Å²) in [5, 5.41) is 6.48. The minimum absolute atomic E-state index is 0.0163. The number of unbranched alkanes of at least 4 members (excludes halogenated alkanes) is 1. The number of rotatable bonds is 11. The van der Waals surface area contributed by atoms with Crippen molar-refractivity contribution in [1.29, 1.82) is 0 Å². The molecule has 0 saturated carbocycles. The lowest BCUT2D eigenvalue weighted by Gasteiger charge is -2.30. The van der Waals surface area contributed by atoms with Crippen molar-refractivity contribution >= 4 is 34.7 Å². The summed E-state index contributed by atoms with van der Waals surface area (Å²) in [6.07, 6.45) is -1.15. The Morgan fingerprint density at radius 2 is 1.63 bits per heavy atom. The maximum atomic E-state index is 14.0. The predicted molar refractivity (Wildman–Crippen MR) is 168 cm³/mol. The number of H-pyrrole nitrogens is 1. The van der Waals surface area contributed by atoms with Gasteiger partial charge >= 0.3 is 18.2 Å². The fourth-order valence-corrected chi connectivity index (χ4v) is 5.42. The van der Waals surface area contributed by atoms with Gasteiger partial charge in [-0.05, 0) is 71.6 Å². The number of nitrogens with two attached hydrogens (primary N) is 1. The molecule has 1 aromatic heterocycles. The maximum absolute atomic E-state index is 14.0. The van der Waals surface area contributed by atoms with Crippen LogP contribution in [0.5, 0.6) is 0 Å². The normalized spacial score (nSPS) is 17.1. The first-order valence-corrected chi connectivity index (χ1v) is 15.7. The highest BCUT2D eigenvalue weighted by atomic mass is 19.4. The maximum Gasteiger partial charge on any atom is 0.400 e. The number of aromatic nitrogens is 1. The van der Waals surface area contributed by atoms with Crippen molar-refractivity contribution in [2.24, 2.45) is 11.7 Å². The third-order valence-electron chi connectivity index (χ3n) is 8.08. The van der Waals surface area contributed by atoms with E-state index in [0.717, 1.165) is 28.3 Å². The summed E-state index contributed by atoms with van der Waals surface area (Å²) in [5.74, 6) is -4.96. The Labute approximate surface area is 267 Å². The van der Waals surface area contributed by atoms with E-state index in [0.29, 0.717) is 19.4 Å². The number of para-hydroxylation sites is 1. The molecule has 2 aromatic rings. The van der Waals surface area contributed by atoms with Crippen LogP contribution in [0.1, 0.15) is 71.8 Å². The number of halogens is 3. The average Bonchev–Trinajstić information content (AvgIpc) is 3.25. The van der Waals surface area contributed by atoms with E-state index >= 15 is 0 Å². The molecule has 14 heteroatoms. The zero-order valence-electron chi connectivity index (χ0n) is 27.2. The number of fused-ring (bicyclic) bond motifs is 1. The second kappa shape index (κ2) is 15.7. The van der Waals surface area contributed by atoms with Crippen LogP contribution >= 0.6 is 0 Å². The first-order valence-electron chi connectivity index (χ1n) is 15.7. The van der Waals surface area contributed by atoms with E-state index in [-0.39, 0.29) is 39.0 Å². The Balaban J connectivity index is 1.85. The van der Waals surface area contributed by atoms with Crippen LogP contribution in [-0.2, 0) is 19.1 Å². The highest BCUT2D eigenvalue weighted by molar-refractivity contribution is 5.92. The Morgan fingerprint density at radius 3 is 2.28 bits per heavy atom. The standard InChI is InChI=1S/C32H47F3N6O5/c1-20(23-19-37-24-12-7-6-11-22(23)24)26(27(42)38-25(13-8-9-14-36)29(44)46-31(3,4)5)39-30(45)41-16-10-15-40(17-18-41)28(43)21(2)32(33,34)35/h6-7,11-12,19-21,25-26,37H,8-10,13-18,36H2,1-5H3,(H,38,42)(H,39,45). The van der Waals surface area contributed by atoms with Crippen LogP contribution in [0.25, 0.3) is 10.9 Å². The van der Waals surface area contributed by atoms with E-state index in [9.17, 15) is 32.3 Å². The first-order chi connectivity index (χ1) is 21.5. The fourth-order valence-electron chi connectivity index (χ4n) is 5.42. The molecule has 4 atom stereocenters. The van der Waals surface area contributed by atoms with Gasteiger partial charge in [-0.3, -0.25) is 9.59 Å². The van der Waals surface area contributed by atoms with Crippen LogP contribution in [0.2, 0.25) is 0 Å². The van der Waals surface area contributed by atoms with Crippen LogP contribution in [0.4, 0.5) is 18.0 Å². The minimum Gasteiger partial charge on any atom is -0.458 e. The topological polar surface area (TPSA) is 150 Å². The highest BCUT2D eigenvalue weighted by Crippen LogP contribution is 2.29. The van der Waals surface area contributed by atoms with Gasteiger partial charge in [-0.15, -0.1) is 0 Å². The van der Waals surface area contributed by atoms with E-state index in [2.05, 4.69) is 15.6 Å². The van der Waals surface area contributed by atoms with Crippen LogP contribution in [0, 0.1) is 5.92 Å². The van der Waals surface area contributed by atoms with E-state index in [4.69, 9.17) is 10.5 Å². The van der Waals surface area contributed by atoms with Crippen molar-refractivity contribution in [3.63, 3.8) is 0 Å². The summed E-state index contributed by atoms with van der Waals surface area (Å²) in [5.41, 5.74) is 6.46. The van der Waals surface area contributed by atoms with Crippen LogP contribution in [0.3, 0.4) is 0 Å². The molecule has 0 spiro atoms. The Bertz CT molecular complexity index is 1360. The molecule has 4 unspecified atom stereocenters. The van der Waals surface area contributed by atoms with Crippen LogP contribution < -0.4 is 16.4 Å². The summed E-state index contributed by atoms with van der Waals surface area (Å²) in [6, 6.07) is 4.78. The summed E-state index contributed by atoms with van der Waals surface area (Å²) in [4.78, 5) is 58.9. The van der Waals surface area contributed by atoms with Gasteiger partial charge < -0.3 is 35.9 Å². The van der Waals surface area contributed by atoms with Crippen molar-refractivity contribution < 1.29 is 37.1 Å². The summed E-state index contributed by atoms with van der Waals surface area (Å²) < 4.78 is 45.1. The van der Waals surface area contributed by atoms with Gasteiger partial charge in [0, 0.05) is 49.2 Å². The van der Waals surface area contributed by atoms with Crippen molar-refractivity contribution in [3.05, 3.63) is 36.0 Å². The smallest absolute Gasteiger partial charge is 0.400 e. The zero-order chi connectivity index (χ0) is 34.2. The monoisotopic (exact) mass is 652 g/mol. The second-order valence-electron chi connectivity index (χ2n) is 12.8. The summed E-state index contributed by atoms with van der Waals surface area (Å²) in [7, 11) is 0. The van der Waals surface area contributed by atoms with Crippen molar-refractivity contribution in [2.75, 3.05) is 32.7 Å². The lowest BCUT2D eigenvalue weighted by molar-refractivity contribution is -0.185. The van der Waals surface area contributed by atoms with Crippen molar-refractivity contribution in [3.8, 4) is 0 Å². The number of carbonyl (C=O) groups is 4. The number of benzene rings is 1. The number of ether oxygens (including phenoxy) is 1. The molecule has 1 aromatic carbocycles. The van der Waals surface area contributed by atoms with Gasteiger partial charge in [0.1, 0.15) is 23.6 Å². The number of carbonyl (C=O) groups excluding carboxylic acids is 4.